The van der Waals surface area contributed by atoms with Crippen LogP contribution in [0.2, 0.25) is 0 Å². The third-order valence-electron chi connectivity index (χ3n) is 6.70. The number of benzene rings is 3. The van der Waals surface area contributed by atoms with Crippen molar-refractivity contribution < 1.29 is 13.2 Å². The minimum Gasteiger partial charge on any atom is -0.351 e. The number of carbonyl (C=O) groups is 1. The van der Waals surface area contributed by atoms with Crippen LogP contribution in [0.3, 0.4) is 0 Å². The summed E-state index contributed by atoms with van der Waals surface area (Å²) in [5.74, 6) is -0.309. The molecule has 4 aromatic rings. The summed E-state index contributed by atoms with van der Waals surface area (Å²) in [6, 6.07) is 21.1. The number of fused-ring (bicyclic) bond motifs is 1. The molecule has 1 aliphatic heterocycles. The number of rotatable bonds is 9. The minimum absolute atomic E-state index is 0. The summed E-state index contributed by atoms with van der Waals surface area (Å²) in [6.07, 6.45) is 0.976. The van der Waals surface area contributed by atoms with Crippen LogP contribution in [0.1, 0.15) is 22.8 Å². The number of piperazine rings is 1. The lowest BCUT2D eigenvalue weighted by Gasteiger charge is -2.34. The average molecular weight is 586 g/mol. The molecule has 39 heavy (non-hydrogen) atoms. The fourth-order valence-electron chi connectivity index (χ4n) is 4.57. The van der Waals surface area contributed by atoms with Crippen LogP contribution in [0.4, 0.5) is 10.8 Å². The Bertz CT molecular complexity index is 1520. The van der Waals surface area contributed by atoms with E-state index in [1.165, 1.54) is 22.4 Å². The fraction of sp³-hybridized carbons (Fsp3) is 0.286. The van der Waals surface area contributed by atoms with Gasteiger partial charge in [0, 0.05) is 39.3 Å². The molecule has 0 unspecified atom stereocenters. The fourth-order valence-corrected chi connectivity index (χ4v) is 6.74. The molecule has 0 saturated carbocycles. The number of nitrogens with one attached hydrogen (secondary N) is 2. The third kappa shape index (κ3) is 6.70. The molecule has 0 spiro atoms. The van der Waals surface area contributed by atoms with Gasteiger partial charge in [-0.05, 0) is 42.3 Å². The van der Waals surface area contributed by atoms with Crippen LogP contribution < -0.4 is 14.9 Å². The Morgan fingerprint density at radius 1 is 0.949 bits per heavy atom. The molecule has 0 aliphatic carbocycles. The topological polar surface area (TPSA) is 94.6 Å². The van der Waals surface area contributed by atoms with Crippen molar-refractivity contribution in [3.8, 4) is 0 Å². The van der Waals surface area contributed by atoms with Crippen molar-refractivity contribution in [3.05, 3.63) is 83.9 Å². The first kappa shape index (κ1) is 28.8. The summed E-state index contributed by atoms with van der Waals surface area (Å²) in [4.78, 5) is 22.7. The smallest absolute Gasteiger partial charge is 0.261 e. The molecule has 1 saturated heterocycles. The minimum atomic E-state index is -3.80. The van der Waals surface area contributed by atoms with E-state index in [-0.39, 0.29) is 28.9 Å². The normalized spacial score (nSPS) is 14.1. The number of para-hydroxylation sites is 2. The lowest BCUT2D eigenvalue weighted by atomic mass is 10.1. The molecule has 2 N–H and O–H groups in total. The van der Waals surface area contributed by atoms with Crippen molar-refractivity contribution in [2.75, 3.05) is 48.9 Å². The molecule has 0 atom stereocenters. The van der Waals surface area contributed by atoms with Gasteiger partial charge in [0.15, 0.2) is 5.13 Å². The number of amides is 1. The molecule has 206 valence electrons. The van der Waals surface area contributed by atoms with Crippen LogP contribution in [0.5, 0.6) is 0 Å². The largest absolute Gasteiger partial charge is 0.351 e. The van der Waals surface area contributed by atoms with E-state index in [2.05, 4.69) is 45.0 Å². The van der Waals surface area contributed by atoms with Gasteiger partial charge in [-0.25, -0.2) is 13.4 Å². The van der Waals surface area contributed by atoms with Crippen LogP contribution in [0.25, 0.3) is 10.2 Å². The van der Waals surface area contributed by atoms with E-state index in [9.17, 15) is 13.2 Å². The van der Waals surface area contributed by atoms with Gasteiger partial charge in [-0.2, -0.15) is 0 Å². The van der Waals surface area contributed by atoms with Crippen molar-refractivity contribution in [2.24, 2.45) is 0 Å². The summed E-state index contributed by atoms with van der Waals surface area (Å²) in [5.41, 5.74) is 2.95. The Morgan fingerprint density at radius 3 is 2.41 bits per heavy atom. The average Bonchev–Trinajstić information content (AvgIpc) is 3.39. The Morgan fingerprint density at radius 2 is 1.67 bits per heavy atom. The zero-order valence-electron chi connectivity index (χ0n) is 21.7. The molecule has 3 aromatic carbocycles. The summed E-state index contributed by atoms with van der Waals surface area (Å²) in [6.45, 7) is 6.91. The predicted octanol–water partition coefficient (Wildman–Crippen LogP) is 4.63. The van der Waals surface area contributed by atoms with Gasteiger partial charge in [-0.1, -0.05) is 60.7 Å². The van der Waals surface area contributed by atoms with E-state index in [1.54, 1.807) is 53.8 Å². The van der Waals surface area contributed by atoms with Gasteiger partial charge in [0.05, 0.1) is 26.4 Å². The first-order chi connectivity index (χ1) is 18.4. The van der Waals surface area contributed by atoms with Crippen molar-refractivity contribution >= 4 is 60.7 Å². The number of anilines is 2. The van der Waals surface area contributed by atoms with Gasteiger partial charge in [-0.3, -0.25) is 14.4 Å². The Kier molecular flexibility index (Phi) is 9.45. The molecule has 1 aromatic heterocycles. The zero-order valence-corrected chi connectivity index (χ0v) is 24.1. The molecular formula is C28H32ClN5O3S2. The third-order valence-corrected chi connectivity index (χ3v) is 9.16. The van der Waals surface area contributed by atoms with Gasteiger partial charge >= 0.3 is 0 Å². The van der Waals surface area contributed by atoms with E-state index >= 15 is 0 Å². The SMILES string of the molecule is CCc1cccc2sc(N3CCN(CCNC(=O)c4ccccc4NS(=O)(=O)c4ccccc4)CC3)nc12.Cl. The number of sulfonamides is 1. The monoisotopic (exact) mass is 585 g/mol. The van der Waals surface area contributed by atoms with Gasteiger partial charge in [0.25, 0.3) is 15.9 Å². The molecule has 0 radical (unpaired) electrons. The Balaban J connectivity index is 0.00000353. The second kappa shape index (κ2) is 12.8. The quantitative estimate of drug-likeness (QED) is 0.297. The number of thiazole rings is 1. The lowest BCUT2D eigenvalue weighted by molar-refractivity contribution is 0.0948. The first-order valence-electron chi connectivity index (χ1n) is 12.8. The van der Waals surface area contributed by atoms with Crippen LogP contribution in [-0.4, -0.2) is 63.5 Å². The highest BCUT2D eigenvalue weighted by Gasteiger charge is 2.21. The summed E-state index contributed by atoms with van der Waals surface area (Å²) >= 11 is 1.75. The van der Waals surface area contributed by atoms with Gasteiger partial charge in [0.2, 0.25) is 0 Å². The Labute approximate surface area is 239 Å². The van der Waals surface area contributed by atoms with Crippen LogP contribution in [0, 0.1) is 0 Å². The molecule has 1 aliphatic rings. The number of halogens is 1. The number of aromatic nitrogens is 1. The standard InChI is InChI=1S/C28H31N5O3S2.ClH/c1-2-21-9-8-14-25-26(21)30-28(37-25)33-19-17-32(18-20-33)16-15-29-27(34)23-12-6-7-13-24(23)31-38(35,36)22-10-4-3-5-11-22;/h3-14,31H,2,15-20H2,1H3,(H,29,34);1H. The highest BCUT2D eigenvalue weighted by Crippen LogP contribution is 2.31. The lowest BCUT2D eigenvalue weighted by Crippen LogP contribution is -2.48. The number of hydrogen-bond acceptors (Lipinski definition) is 7. The highest BCUT2D eigenvalue weighted by molar-refractivity contribution is 7.92. The Hall–Kier alpha value is -3.18. The van der Waals surface area contributed by atoms with Gasteiger partial charge < -0.3 is 10.2 Å². The maximum atomic E-state index is 12.9. The number of aryl methyl sites for hydroxylation is 1. The van der Waals surface area contributed by atoms with Gasteiger partial charge in [0.1, 0.15) is 0 Å². The maximum Gasteiger partial charge on any atom is 0.261 e. The van der Waals surface area contributed by atoms with Crippen molar-refractivity contribution in [1.82, 2.24) is 15.2 Å². The number of carbonyl (C=O) groups excluding carboxylic acids is 1. The van der Waals surface area contributed by atoms with Crippen molar-refractivity contribution in [3.63, 3.8) is 0 Å². The summed E-state index contributed by atoms with van der Waals surface area (Å²) < 4.78 is 29.3. The maximum absolute atomic E-state index is 12.9. The van der Waals surface area contributed by atoms with Gasteiger partial charge in [-0.15, -0.1) is 12.4 Å². The molecule has 0 bridgehead atoms. The summed E-state index contributed by atoms with van der Waals surface area (Å²) in [7, 11) is -3.80. The van der Waals surface area contributed by atoms with E-state index in [0.717, 1.165) is 49.8 Å². The molecule has 2 heterocycles. The van der Waals surface area contributed by atoms with Crippen LogP contribution in [-0.2, 0) is 16.4 Å². The molecule has 1 fully saturated rings. The molecule has 8 nitrogen and oxygen atoms in total. The van der Waals surface area contributed by atoms with E-state index in [0.29, 0.717) is 12.1 Å². The second-order valence-electron chi connectivity index (χ2n) is 9.16. The van der Waals surface area contributed by atoms with E-state index in [1.807, 2.05) is 0 Å². The highest BCUT2D eigenvalue weighted by atomic mass is 35.5. The zero-order chi connectivity index (χ0) is 26.5. The van der Waals surface area contributed by atoms with Crippen molar-refractivity contribution in [2.45, 2.75) is 18.2 Å². The first-order valence-corrected chi connectivity index (χ1v) is 15.1. The number of nitrogens with zero attached hydrogens (tertiary/aromatic N) is 3. The molecular weight excluding hydrogens is 554 g/mol. The van der Waals surface area contributed by atoms with E-state index < -0.39 is 10.0 Å². The number of hydrogen-bond donors (Lipinski definition) is 2. The van der Waals surface area contributed by atoms with E-state index in [4.69, 9.17) is 4.98 Å². The summed E-state index contributed by atoms with van der Waals surface area (Å²) in [5, 5.41) is 4.02. The molecule has 5 rings (SSSR count). The van der Waals surface area contributed by atoms with Crippen molar-refractivity contribution in [1.29, 1.82) is 0 Å². The second-order valence-corrected chi connectivity index (χ2v) is 11.9. The molecule has 11 heteroatoms. The molecule has 1 amide bonds. The van der Waals surface area contributed by atoms with Crippen LogP contribution >= 0.6 is 23.7 Å². The van der Waals surface area contributed by atoms with Crippen LogP contribution in [0.15, 0.2) is 77.7 Å². The predicted molar refractivity (Wildman–Crippen MR) is 161 cm³/mol.